The smallest absolute Gasteiger partial charge is 0.367 e. The number of H-pyrrole nitrogens is 2. The highest BCUT2D eigenvalue weighted by atomic mass is 19.4. The quantitative estimate of drug-likeness (QED) is 0.485. The second kappa shape index (κ2) is 6.87. The molecule has 0 fully saturated rings. The van der Waals surface area contributed by atoms with Gasteiger partial charge in [0.05, 0.1) is 5.56 Å². The first-order chi connectivity index (χ1) is 11.6. The lowest BCUT2D eigenvalue weighted by Crippen LogP contribution is -2.32. The summed E-state index contributed by atoms with van der Waals surface area (Å²) >= 11 is 0. The van der Waals surface area contributed by atoms with Crippen molar-refractivity contribution >= 4 is 11.5 Å². The molecule has 0 bridgehead atoms. The van der Waals surface area contributed by atoms with Gasteiger partial charge in [-0.2, -0.15) is 13.2 Å². The highest BCUT2D eigenvalue weighted by Gasteiger charge is 2.30. The molecule has 0 saturated carbocycles. The minimum atomic E-state index is -4.50. The third kappa shape index (κ3) is 4.31. The van der Waals surface area contributed by atoms with E-state index in [0.717, 1.165) is 24.3 Å². The molecule has 1 aromatic heterocycles. The lowest BCUT2D eigenvalue weighted by Gasteiger charge is -2.12. The van der Waals surface area contributed by atoms with Crippen LogP contribution in [0.15, 0.2) is 33.9 Å². The Labute approximate surface area is 136 Å². The number of aromatic amines is 2. The number of hydrogen-bond acceptors (Lipinski definition) is 4. The fourth-order valence-corrected chi connectivity index (χ4v) is 1.99. The van der Waals surface area contributed by atoms with Gasteiger partial charge in [-0.05, 0) is 17.7 Å². The fourth-order valence-electron chi connectivity index (χ4n) is 1.99. The Morgan fingerprint density at radius 1 is 1.12 bits per heavy atom. The molecule has 0 radical (unpaired) electrons. The van der Waals surface area contributed by atoms with Crippen molar-refractivity contribution in [3.05, 3.63) is 61.8 Å². The number of rotatable bonds is 5. The Morgan fingerprint density at radius 3 is 2.24 bits per heavy atom. The summed E-state index contributed by atoms with van der Waals surface area (Å²) in [5, 5.41) is 9.73. The van der Waals surface area contributed by atoms with E-state index in [-0.39, 0.29) is 6.54 Å². The van der Waals surface area contributed by atoms with E-state index in [9.17, 15) is 31.5 Å². The molecule has 6 nitrogen and oxygen atoms in total. The van der Waals surface area contributed by atoms with Gasteiger partial charge in [-0.25, -0.2) is 13.6 Å². The van der Waals surface area contributed by atoms with E-state index in [1.165, 1.54) is 0 Å². The molecule has 0 spiro atoms. The van der Waals surface area contributed by atoms with Crippen molar-refractivity contribution in [1.29, 1.82) is 5.41 Å². The molecule has 134 valence electrons. The summed E-state index contributed by atoms with van der Waals surface area (Å²) < 4.78 is 62.8. The SMILES string of the molecule is N=C(c1c(NCc2ccc(C(F)(F)F)cc2)[nH]c(=O)[nH]c1=O)C(F)F. The van der Waals surface area contributed by atoms with Crippen molar-refractivity contribution < 1.29 is 22.0 Å². The van der Waals surface area contributed by atoms with Crippen LogP contribution in [0.4, 0.5) is 27.8 Å². The molecule has 4 N–H and O–H groups in total. The largest absolute Gasteiger partial charge is 0.416 e. The van der Waals surface area contributed by atoms with Crippen LogP contribution in [0.2, 0.25) is 0 Å². The van der Waals surface area contributed by atoms with Crippen molar-refractivity contribution in [2.45, 2.75) is 19.1 Å². The maximum absolute atomic E-state index is 12.7. The summed E-state index contributed by atoms with van der Waals surface area (Å²) in [4.78, 5) is 26.8. The maximum atomic E-state index is 12.7. The summed E-state index contributed by atoms with van der Waals surface area (Å²) in [5.74, 6) is -0.418. The zero-order chi connectivity index (χ0) is 18.8. The first kappa shape index (κ1) is 18.4. The van der Waals surface area contributed by atoms with Crippen LogP contribution < -0.4 is 16.6 Å². The van der Waals surface area contributed by atoms with Gasteiger partial charge in [0.25, 0.3) is 12.0 Å². The summed E-state index contributed by atoms with van der Waals surface area (Å²) in [6, 6.07) is 3.97. The van der Waals surface area contributed by atoms with E-state index in [2.05, 4.69) is 10.3 Å². The van der Waals surface area contributed by atoms with E-state index < -0.39 is 46.5 Å². The van der Waals surface area contributed by atoms with Gasteiger partial charge in [-0.3, -0.25) is 20.2 Å². The van der Waals surface area contributed by atoms with Crippen LogP contribution in [0, 0.1) is 5.41 Å². The Hall–Kier alpha value is -2.98. The topological polar surface area (TPSA) is 102 Å². The molecule has 2 aromatic rings. The number of hydrogen-bond donors (Lipinski definition) is 4. The first-order valence-electron chi connectivity index (χ1n) is 6.73. The average molecular weight is 362 g/mol. The van der Waals surface area contributed by atoms with Crippen LogP contribution in [0.25, 0.3) is 0 Å². The number of halogens is 5. The first-order valence-corrected chi connectivity index (χ1v) is 6.73. The van der Waals surface area contributed by atoms with E-state index in [1.807, 2.05) is 0 Å². The Kier molecular flexibility index (Phi) is 5.04. The molecule has 0 saturated heterocycles. The zero-order valence-electron chi connectivity index (χ0n) is 12.3. The molecule has 0 unspecified atom stereocenters. The normalized spacial score (nSPS) is 11.6. The number of alkyl halides is 5. The molecule has 11 heteroatoms. The summed E-state index contributed by atoms with van der Waals surface area (Å²) in [6.07, 6.45) is -7.75. The average Bonchev–Trinajstić information content (AvgIpc) is 2.51. The molecule has 0 aliphatic carbocycles. The standard InChI is InChI=1S/C14H11F5N4O2/c15-10(16)9(20)8-11(22-13(25)23-12(8)24)21-5-6-1-3-7(4-2-6)14(17,18)19/h1-4,10,20H,5H2,(H3,21,22,23,24,25). The van der Waals surface area contributed by atoms with Crippen molar-refractivity contribution in [2.24, 2.45) is 0 Å². The van der Waals surface area contributed by atoms with Crippen molar-refractivity contribution in [3.63, 3.8) is 0 Å². The highest BCUT2D eigenvalue weighted by molar-refractivity contribution is 6.03. The van der Waals surface area contributed by atoms with E-state index in [4.69, 9.17) is 5.41 Å². The minimum absolute atomic E-state index is 0.166. The Morgan fingerprint density at radius 2 is 1.72 bits per heavy atom. The molecule has 0 amide bonds. The predicted molar refractivity (Wildman–Crippen MR) is 79.3 cm³/mol. The van der Waals surface area contributed by atoms with Crippen molar-refractivity contribution in [3.8, 4) is 0 Å². The van der Waals surface area contributed by atoms with Gasteiger partial charge in [0.1, 0.15) is 17.1 Å². The van der Waals surface area contributed by atoms with E-state index >= 15 is 0 Å². The fraction of sp³-hybridized carbons (Fsp3) is 0.214. The lowest BCUT2D eigenvalue weighted by atomic mass is 10.1. The number of aromatic nitrogens is 2. The van der Waals surface area contributed by atoms with Gasteiger partial charge in [-0.15, -0.1) is 0 Å². The van der Waals surface area contributed by atoms with E-state index in [1.54, 1.807) is 4.98 Å². The predicted octanol–water partition coefficient (Wildman–Crippen LogP) is 2.33. The number of benzene rings is 1. The second-order valence-electron chi connectivity index (χ2n) is 4.92. The van der Waals surface area contributed by atoms with Gasteiger partial charge in [-0.1, -0.05) is 12.1 Å². The number of anilines is 1. The summed E-state index contributed by atoms with van der Waals surface area (Å²) in [5.41, 5.74) is -4.73. The second-order valence-corrected chi connectivity index (χ2v) is 4.92. The summed E-state index contributed by atoms with van der Waals surface area (Å²) in [6.45, 7) is -0.166. The Bertz CT molecular complexity index is 884. The molecule has 0 aliphatic rings. The van der Waals surface area contributed by atoms with Gasteiger partial charge >= 0.3 is 11.9 Å². The van der Waals surface area contributed by atoms with Gasteiger partial charge in [0.2, 0.25) is 0 Å². The van der Waals surface area contributed by atoms with Gasteiger partial charge in [0, 0.05) is 6.54 Å². The molecule has 2 rings (SSSR count). The van der Waals surface area contributed by atoms with Crippen molar-refractivity contribution in [1.82, 2.24) is 9.97 Å². The highest BCUT2D eigenvalue weighted by Crippen LogP contribution is 2.29. The van der Waals surface area contributed by atoms with Crippen LogP contribution in [-0.2, 0) is 12.7 Å². The maximum Gasteiger partial charge on any atom is 0.416 e. The van der Waals surface area contributed by atoms with Crippen LogP contribution in [0.3, 0.4) is 0 Å². The van der Waals surface area contributed by atoms with Crippen LogP contribution in [0.5, 0.6) is 0 Å². The molecule has 0 atom stereocenters. The summed E-state index contributed by atoms with van der Waals surface area (Å²) in [7, 11) is 0. The third-order valence-corrected chi connectivity index (χ3v) is 3.18. The Balaban J connectivity index is 2.27. The molecule has 25 heavy (non-hydrogen) atoms. The lowest BCUT2D eigenvalue weighted by molar-refractivity contribution is -0.137. The third-order valence-electron chi connectivity index (χ3n) is 3.18. The van der Waals surface area contributed by atoms with E-state index in [0.29, 0.717) is 5.56 Å². The van der Waals surface area contributed by atoms with Gasteiger partial charge in [0.15, 0.2) is 0 Å². The molecular formula is C14H11F5N4O2. The molecule has 1 aromatic carbocycles. The van der Waals surface area contributed by atoms with Crippen molar-refractivity contribution in [2.75, 3.05) is 5.32 Å². The molecule has 0 aliphatic heterocycles. The minimum Gasteiger partial charge on any atom is -0.367 e. The molecular weight excluding hydrogens is 351 g/mol. The van der Waals surface area contributed by atoms with Crippen LogP contribution in [0.1, 0.15) is 16.7 Å². The van der Waals surface area contributed by atoms with Gasteiger partial charge < -0.3 is 5.32 Å². The van der Waals surface area contributed by atoms with Crippen LogP contribution >= 0.6 is 0 Å². The number of nitrogens with one attached hydrogen (secondary N) is 4. The molecule has 1 heterocycles. The zero-order valence-corrected chi connectivity index (χ0v) is 12.3. The monoisotopic (exact) mass is 362 g/mol. The van der Waals surface area contributed by atoms with Crippen LogP contribution in [-0.4, -0.2) is 22.1 Å².